The average Bonchev–Trinajstić information content (AvgIpc) is 2.90. The topological polar surface area (TPSA) is 113 Å². The number of sulfonamides is 2. The molecule has 39 heavy (non-hydrogen) atoms. The molecule has 0 saturated carbocycles. The van der Waals surface area contributed by atoms with Crippen molar-refractivity contribution in [1.82, 2.24) is 0 Å². The minimum Gasteiger partial charge on any atom is -0.325 e. The molecule has 0 spiro atoms. The average molecular weight is 609 g/mol. The normalized spacial score (nSPS) is 11.6. The van der Waals surface area contributed by atoms with Crippen LogP contribution in [0.5, 0.6) is 0 Å². The van der Waals surface area contributed by atoms with E-state index in [9.17, 15) is 26.0 Å². The molecule has 0 radical (unpaired) electrons. The quantitative estimate of drug-likeness (QED) is 0.251. The Kier molecular flexibility index (Phi) is 8.45. The van der Waals surface area contributed by atoms with E-state index in [1.54, 1.807) is 18.2 Å². The molecule has 0 aromatic heterocycles. The summed E-state index contributed by atoms with van der Waals surface area (Å²) < 4.78 is 68.4. The lowest BCUT2D eigenvalue weighted by Gasteiger charge is -2.25. The van der Waals surface area contributed by atoms with Crippen LogP contribution in [0.2, 0.25) is 10.0 Å². The maximum Gasteiger partial charge on any atom is 0.264 e. The van der Waals surface area contributed by atoms with E-state index in [1.807, 2.05) is 0 Å². The zero-order valence-electron chi connectivity index (χ0n) is 19.9. The molecule has 13 heteroatoms. The van der Waals surface area contributed by atoms with Crippen LogP contribution in [0.25, 0.3) is 0 Å². The van der Waals surface area contributed by atoms with Crippen molar-refractivity contribution in [2.75, 3.05) is 20.9 Å². The number of nitrogens with one attached hydrogen (secondary N) is 2. The molecule has 4 rings (SSSR count). The second-order valence-corrected chi connectivity index (χ2v) is 12.5. The molecule has 0 saturated heterocycles. The van der Waals surface area contributed by atoms with Gasteiger partial charge in [0.25, 0.3) is 20.0 Å². The van der Waals surface area contributed by atoms with Crippen LogP contribution in [0.15, 0.2) is 107 Å². The van der Waals surface area contributed by atoms with Gasteiger partial charge in [-0.2, -0.15) is 0 Å². The Morgan fingerprint density at radius 1 is 0.769 bits per heavy atom. The maximum absolute atomic E-state index is 13.4. The van der Waals surface area contributed by atoms with Gasteiger partial charge in [-0.3, -0.25) is 13.8 Å². The highest BCUT2D eigenvalue weighted by molar-refractivity contribution is 7.93. The van der Waals surface area contributed by atoms with Gasteiger partial charge < -0.3 is 5.32 Å². The van der Waals surface area contributed by atoms with Crippen LogP contribution in [-0.2, 0) is 24.8 Å². The lowest BCUT2D eigenvalue weighted by atomic mass is 10.3. The second-order valence-electron chi connectivity index (χ2n) is 8.11. The fourth-order valence-corrected chi connectivity index (χ4v) is 6.56. The largest absolute Gasteiger partial charge is 0.325 e. The Bertz CT molecular complexity index is 1700. The molecule has 4 aromatic carbocycles. The zero-order valence-corrected chi connectivity index (χ0v) is 23.0. The summed E-state index contributed by atoms with van der Waals surface area (Å²) in [6.07, 6.45) is 0. The molecular weight excluding hydrogens is 588 g/mol. The minimum absolute atomic E-state index is 0.0259. The number of carbonyl (C=O) groups excluding carboxylic acids is 1. The number of rotatable bonds is 9. The van der Waals surface area contributed by atoms with E-state index in [2.05, 4.69) is 10.0 Å². The van der Waals surface area contributed by atoms with Gasteiger partial charge >= 0.3 is 0 Å². The molecule has 0 aliphatic rings. The smallest absolute Gasteiger partial charge is 0.264 e. The van der Waals surface area contributed by atoms with Gasteiger partial charge in [0.1, 0.15) is 12.4 Å². The SMILES string of the molecule is O=C(CN(c1ccc(Cl)cc1Cl)S(=O)(=O)c1ccccc1)Nc1ccc(S(=O)(=O)Nc2ccc(F)cc2)cc1. The van der Waals surface area contributed by atoms with Crippen molar-refractivity contribution in [3.63, 3.8) is 0 Å². The van der Waals surface area contributed by atoms with Gasteiger partial charge in [-0.1, -0.05) is 41.4 Å². The third kappa shape index (κ3) is 6.87. The van der Waals surface area contributed by atoms with Crippen molar-refractivity contribution in [2.45, 2.75) is 9.79 Å². The molecular formula is C26H20Cl2FN3O5S2. The van der Waals surface area contributed by atoms with Crippen LogP contribution in [0, 0.1) is 5.82 Å². The van der Waals surface area contributed by atoms with E-state index in [0.29, 0.717) is 0 Å². The van der Waals surface area contributed by atoms with Gasteiger partial charge in [-0.25, -0.2) is 21.2 Å². The fraction of sp³-hybridized carbons (Fsp3) is 0.0385. The summed E-state index contributed by atoms with van der Waals surface area (Å²) in [5, 5.41) is 2.87. The fourth-order valence-electron chi connectivity index (χ4n) is 3.48. The second kappa shape index (κ2) is 11.6. The van der Waals surface area contributed by atoms with Crippen LogP contribution < -0.4 is 14.3 Å². The molecule has 2 N–H and O–H groups in total. The van der Waals surface area contributed by atoms with Crippen molar-refractivity contribution in [2.24, 2.45) is 0 Å². The van der Waals surface area contributed by atoms with E-state index in [1.165, 1.54) is 66.7 Å². The van der Waals surface area contributed by atoms with Crippen LogP contribution in [0.1, 0.15) is 0 Å². The number of hydrogen-bond acceptors (Lipinski definition) is 5. The van der Waals surface area contributed by atoms with Crippen molar-refractivity contribution in [1.29, 1.82) is 0 Å². The zero-order chi connectivity index (χ0) is 28.2. The first kappa shape index (κ1) is 28.4. The maximum atomic E-state index is 13.4. The van der Waals surface area contributed by atoms with Crippen LogP contribution in [-0.4, -0.2) is 29.3 Å². The number of amides is 1. The Morgan fingerprint density at radius 2 is 1.38 bits per heavy atom. The van der Waals surface area contributed by atoms with Gasteiger partial charge in [0, 0.05) is 16.4 Å². The number of halogens is 3. The number of benzene rings is 4. The van der Waals surface area contributed by atoms with Gasteiger partial charge in [0.15, 0.2) is 0 Å². The molecule has 0 bridgehead atoms. The van der Waals surface area contributed by atoms with Crippen LogP contribution >= 0.6 is 23.2 Å². The summed E-state index contributed by atoms with van der Waals surface area (Å²) in [7, 11) is -8.18. The van der Waals surface area contributed by atoms with E-state index < -0.39 is 38.3 Å². The summed E-state index contributed by atoms with van der Waals surface area (Å²) in [5.74, 6) is -1.22. The Morgan fingerprint density at radius 3 is 2.00 bits per heavy atom. The summed E-state index contributed by atoms with van der Waals surface area (Å²) >= 11 is 12.3. The highest BCUT2D eigenvalue weighted by Gasteiger charge is 2.29. The molecule has 202 valence electrons. The first-order valence-corrected chi connectivity index (χ1v) is 14.8. The molecule has 1 amide bonds. The predicted molar refractivity (Wildman–Crippen MR) is 150 cm³/mol. The van der Waals surface area contributed by atoms with Crippen molar-refractivity contribution < 1.29 is 26.0 Å². The van der Waals surface area contributed by atoms with Crippen LogP contribution in [0.4, 0.5) is 21.5 Å². The van der Waals surface area contributed by atoms with E-state index in [-0.39, 0.29) is 36.9 Å². The first-order valence-electron chi connectivity index (χ1n) is 11.2. The third-order valence-corrected chi connectivity index (χ3v) is 9.05. The highest BCUT2D eigenvalue weighted by Crippen LogP contribution is 2.32. The minimum atomic E-state index is -4.20. The lowest BCUT2D eigenvalue weighted by molar-refractivity contribution is -0.114. The highest BCUT2D eigenvalue weighted by atomic mass is 35.5. The van der Waals surface area contributed by atoms with Gasteiger partial charge in [-0.15, -0.1) is 0 Å². The molecule has 0 fully saturated rings. The number of carbonyl (C=O) groups is 1. The molecule has 8 nitrogen and oxygen atoms in total. The van der Waals surface area contributed by atoms with E-state index in [4.69, 9.17) is 23.2 Å². The Labute approximate surface area is 235 Å². The molecule has 0 atom stereocenters. The summed E-state index contributed by atoms with van der Waals surface area (Å²) in [5.41, 5.74) is 0.447. The number of anilines is 3. The van der Waals surface area contributed by atoms with E-state index >= 15 is 0 Å². The molecule has 0 unspecified atom stereocenters. The number of nitrogens with zero attached hydrogens (tertiary/aromatic N) is 1. The Hall–Kier alpha value is -3.64. The summed E-state index contributed by atoms with van der Waals surface area (Å²) in [6, 6.07) is 21.8. The van der Waals surface area contributed by atoms with Crippen molar-refractivity contribution in [3.8, 4) is 0 Å². The predicted octanol–water partition coefficient (Wildman–Crippen LogP) is 5.77. The van der Waals surface area contributed by atoms with E-state index in [0.717, 1.165) is 16.4 Å². The summed E-state index contributed by atoms with van der Waals surface area (Å²) in [4.78, 5) is 12.8. The Balaban J connectivity index is 1.54. The number of hydrogen-bond donors (Lipinski definition) is 2. The van der Waals surface area contributed by atoms with Gasteiger partial charge in [0.2, 0.25) is 5.91 Å². The monoisotopic (exact) mass is 607 g/mol. The van der Waals surface area contributed by atoms with Crippen molar-refractivity contribution in [3.05, 3.63) is 113 Å². The molecule has 0 aliphatic heterocycles. The van der Waals surface area contributed by atoms with Crippen LogP contribution in [0.3, 0.4) is 0 Å². The molecule has 0 aliphatic carbocycles. The van der Waals surface area contributed by atoms with Gasteiger partial charge in [-0.05, 0) is 78.9 Å². The standard InChI is InChI=1S/C26H20Cl2FN3O5S2/c27-18-6-15-25(24(28)16-18)32(39(36,37)23-4-2-1-3-5-23)17-26(33)30-20-11-13-22(14-12-20)38(34,35)31-21-9-7-19(29)8-10-21/h1-16,31H,17H2,(H,30,33). The summed E-state index contributed by atoms with van der Waals surface area (Å²) in [6.45, 7) is -0.634. The first-order chi connectivity index (χ1) is 18.5. The van der Waals surface area contributed by atoms with Gasteiger partial charge in [0.05, 0.1) is 20.5 Å². The molecule has 4 aromatic rings. The third-order valence-electron chi connectivity index (χ3n) is 5.34. The van der Waals surface area contributed by atoms with Crippen molar-refractivity contribution >= 4 is 66.2 Å². The molecule has 0 heterocycles. The lowest BCUT2D eigenvalue weighted by Crippen LogP contribution is -2.38.